The van der Waals surface area contributed by atoms with Crippen molar-refractivity contribution in [1.82, 2.24) is 4.31 Å². The molecule has 2 rings (SSSR count). The summed E-state index contributed by atoms with van der Waals surface area (Å²) in [7, 11) is 3.17. The van der Waals surface area contributed by atoms with Crippen LogP contribution in [0.15, 0.2) is 47.4 Å². The number of carbonyl (C=O) groups excluding carboxylic acids is 1. The average molecular weight is 450 g/mol. The molecule has 0 aromatic heterocycles. The molecule has 9 heteroatoms. The van der Waals surface area contributed by atoms with Gasteiger partial charge in [-0.1, -0.05) is 18.2 Å². The Morgan fingerprint density at radius 1 is 1.00 bits per heavy atom. The second-order valence-electron chi connectivity index (χ2n) is 6.50. The largest absolute Gasteiger partial charge is 0.496 e. The van der Waals surface area contributed by atoms with Crippen LogP contribution in [0.5, 0.6) is 17.2 Å². The fourth-order valence-electron chi connectivity index (χ4n) is 2.95. The summed E-state index contributed by atoms with van der Waals surface area (Å²) in [5.74, 6) is 0.448. The minimum atomic E-state index is -3.93. The molecule has 0 fully saturated rings. The van der Waals surface area contributed by atoms with E-state index in [0.717, 1.165) is 5.56 Å². The smallest absolute Gasteiger partial charge is 0.330 e. The molecule has 2 aromatic rings. The Kier molecular flexibility index (Phi) is 8.47. The van der Waals surface area contributed by atoms with Crippen LogP contribution in [0.2, 0.25) is 0 Å². The molecule has 0 heterocycles. The first-order valence-corrected chi connectivity index (χ1v) is 10.8. The number of likely N-dealkylation sites (N-methyl/N-ethyl adjacent to an activating group) is 1. The van der Waals surface area contributed by atoms with Gasteiger partial charge in [0.15, 0.2) is 11.5 Å². The van der Waals surface area contributed by atoms with E-state index >= 15 is 0 Å². The van der Waals surface area contributed by atoms with Crippen molar-refractivity contribution in [3.8, 4) is 17.2 Å². The SMILES string of the molecule is COC(=O)/C=C/c1cc(OC)c(OC)c(S(=O)(=O)N(C)CCc2ccccc2OC)c1. The Bertz CT molecular complexity index is 1050. The number of para-hydroxylation sites is 1. The van der Waals surface area contributed by atoms with Crippen molar-refractivity contribution in [2.45, 2.75) is 11.3 Å². The van der Waals surface area contributed by atoms with Crippen LogP contribution < -0.4 is 14.2 Å². The molecule has 0 aliphatic heterocycles. The molecular weight excluding hydrogens is 422 g/mol. The van der Waals surface area contributed by atoms with E-state index in [0.29, 0.717) is 17.7 Å². The molecule has 0 aliphatic rings. The van der Waals surface area contributed by atoms with Crippen molar-refractivity contribution in [3.63, 3.8) is 0 Å². The highest BCUT2D eigenvalue weighted by molar-refractivity contribution is 7.89. The third-order valence-electron chi connectivity index (χ3n) is 4.66. The summed E-state index contributed by atoms with van der Waals surface area (Å²) in [6.07, 6.45) is 3.10. The minimum absolute atomic E-state index is 0.0682. The summed E-state index contributed by atoms with van der Waals surface area (Å²) in [5, 5.41) is 0. The van der Waals surface area contributed by atoms with Crippen molar-refractivity contribution < 1.29 is 32.2 Å². The first-order valence-electron chi connectivity index (χ1n) is 9.38. The summed E-state index contributed by atoms with van der Waals surface area (Å²) in [6, 6.07) is 10.4. The number of esters is 1. The molecule has 0 saturated heterocycles. The Morgan fingerprint density at radius 2 is 1.68 bits per heavy atom. The van der Waals surface area contributed by atoms with Gasteiger partial charge < -0.3 is 18.9 Å². The summed E-state index contributed by atoms with van der Waals surface area (Å²) in [4.78, 5) is 11.4. The standard InChI is InChI=1S/C22H27NO7S/c1-23(13-12-17-8-6-7-9-18(17)27-2)31(25,26)20-15-16(10-11-21(24)29-4)14-19(28-3)22(20)30-5/h6-11,14-15H,12-13H2,1-5H3/b11-10+. The molecule has 0 radical (unpaired) electrons. The van der Waals surface area contributed by atoms with Crippen molar-refractivity contribution in [1.29, 1.82) is 0 Å². The minimum Gasteiger partial charge on any atom is -0.496 e. The zero-order valence-corrected chi connectivity index (χ0v) is 19.1. The van der Waals surface area contributed by atoms with E-state index in [2.05, 4.69) is 4.74 Å². The maximum Gasteiger partial charge on any atom is 0.330 e. The molecule has 168 valence electrons. The van der Waals surface area contributed by atoms with Gasteiger partial charge in [0.2, 0.25) is 10.0 Å². The summed E-state index contributed by atoms with van der Waals surface area (Å²) in [5.41, 5.74) is 1.34. The first kappa shape index (κ1) is 24.2. The van der Waals surface area contributed by atoms with Crippen LogP contribution in [-0.4, -0.2) is 60.7 Å². The lowest BCUT2D eigenvalue weighted by Crippen LogP contribution is -2.29. The monoisotopic (exact) mass is 449 g/mol. The van der Waals surface area contributed by atoms with Crippen LogP contribution in [0.1, 0.15) is 11.1 Å². The van der Waals surface area contributed by atoms with E-state index < -0.39 is 16.0 Å². The van der Waals surface area contributed by atoms with E-state index in [9.17, 15) is 13.2 Å². The number of carbonyl (C=O) groups is 1. The molecular formula is C22H27NO7S. The Labute approximate surface area is 183 Å². The number of hydrogen-bond acceptors (Lipinski definition) is 7. The molecule has 31 heavy (non-hydrogen) atoms. The molecule has 0 saturated carbocycles. The van der Waals surface area contributed by atoms with Gasteiger partial charge in [0, 0.05) is 19.7 Å². The van der Waals surface area contributed by atoms with Gasteiger partial charge in [-0.25, -0.2) is 17.5 Å². The molecule has 0 N–H and O–H groups in total. The lowest BCUT2D eigenvalue weighted by molar-refractivity contribution is -0.134. The summed E-state index contributed by atoms with van der Waals surface area (Å²) >= 11 is 0. The van der Waals surface area contributed by atoms with E-state index in [4.69, 9.17) is 14.2 Å². The highest BCUT2D eigenvalue weighted by Gasteiger charge is 2.28. The number of rotatable bonds is 10. The van der Waals surface area contributed by atoms with Crippen molar-refractivity contribution in [2.75, 3.05) is 42.0 Å². The second-order valence-corrected chi connectivity index (χ2v) is 8.51. The lowest BCUT2D eigenvalue weighted by atomic mass is 10.1. The van der Waals surface area contributed by atoms with Gasteiger partial charge in [-0.05, 0) is 41.8 Å². The normalized spacial score (nSPS) is 11.5. The lowest BCUT2D eigenvalue weighted by Gasteiger charge is -2.21. The first-order chi connectivity index (χ1) is 14.8. The summed E-state index contributed by atoms with van der Waals surface area (Å²) < 4.78 is 48.5. The molecule has 0 aliphatic carbocycles. The van der Waals surface area contributed by atoms with Crippen molar-refractivity contribution in [2.24, 2.45) is 0 Å². The van der Waals surface area contributed by atoms with Crippen LogP contribution >= 0.6 is 0 Å². The number of hydrogen-bond donors (Lipinski definition) is 0. The van der Waals surface area contributed by atoms with E-state index in [1.807, 2.05) is 24.3 Å². The van der Waals surface area contributed by atoms with Crippen molar-refractivity contribution >= 4 is 22.1 Å². The summed E-state index contributed by atoms with van der Waals surface area (Å²) in [6.45, 7) is 0.219. The number of benzene rings is 2. The molecule has 8 nitrogen and oxygen atoms in total. The Hall–Kier alpha value is -3.04. The van der Waals surface area contributed by atoms with Crippen LogP contribution in [0.4, 0.5) is 0 Å². The predicted octanol–water partition coefficient (Wildman–Crippen LogP) is 2.76. The number of nitrogens with zero attached hydrogens (tertiary/aromatic N) is 1. The van der Waals surface area contributed by atoms with E-state index in [1.54, 1.807) is 13.2 Å². The predicted molar refractivity (Wildman–Crippen MR) is 117 cm³/mol. The highest BCUT2D eigenvalue weighted by atomic mass is 32.2. The van der Waals surface area contributed by atoms with Crippen LogP contribution in [0.3, 0.4) is 0 Å². The van der Waals surface area contributed by atoms with Crippen LogP contribution in [0, 0.1) is 0 Å². The topological polar surface area (TPSA) is 91.4 Å². The fraction of sp³-hybridized carbons (Fsp3) is 0.318. The molecule has 0 spiro atoms. The number of sulfonamides is 1. The third kappa shape index (κ3) is 5.77. The van der Waals surface area contributed by atoms with Crippen LogP contribution in [-0.2, 0) is 26.0 Å². The molecule has 2 aromatic carbocycles. The fourth-order valence-corrected chi connectivity index (χ4v) is 4.32. The second kappa shape index (κ2) is 10.8. The van der Waals surface area contributed by atoms with Gasteiger partial charge in [0.25, 0.3) is 0 Å². The Morgan fingerprint density at radius 3 is 2.29 bits per heavy atom. The quantitative estimate of drug-likeness (QED) is 0.407. The van der Waals surface area contributed by atoms with Crippen LogP contribution in [0.25, 0.3) is 6.08 Å². The average Bonchev–Trinajstić information content (AvgIpc) is 2.79. The van der Waals surface area contributed by atoms with Gasteiger partial charge in [0.05, 0.1) is 28.4 Å². The van der Waals surface area contributed by atoms with Gasteiger partial charge in [-0.3, -0.25) is 0 Å². The third-order valence-corrected chi connectivity index (χ3v) is 6.52. The maximum absolute atomic E-state index is 13.3. The van der Waals surface area contributed by atoms with Gasteiger partial charge in [-0.2, -0.15) is 0 Å². The van der Waals surface area contributed by atoms with E-state index in [-0.39, 0.29) is 22.9 Å². The zero-order chi connectivity index (χ0) is 23.0. The van der Waals surface area contributed by atoms with E-state index in [1.165, 1.54) is 50.9 Å². The highest BCUT2D eigenvalue weighted by Crippen LogP contribution is 2.37. The number of methoxy groups -OCH3 is 4. The van der Waals surface area contributed by atoms with Crippen molar-refractivity contribution in [3.05, 3.63) is 53.6 Å². The zero-order valence-electron chi connectivity index (χ0n) is 18.2. The molecule has 0 amide bonds. The Balaban J connectivity index is 2.40. The van der Waals surface area contributed by atoms with Gasteiger partial charge >= 0.3 is 5.97 Å². The molecule has 0 atom stereocenters. The molecule has 0 unspecified atom stereocenters. The van der Waals surface area contributed by atoms with Gasteiger partial charge in [0.1, 0.15) is 10.6 Å². The number of ether oxygens (including phenoxy) is 4. The van der Waals surface area contributed by atoms with Gasteiger partial charge in [-0.15, -0.1) is 0 Å². The molecule has 0 bridgehead atoms. The maximum atomic E-state index is 13.3.